The molecule has 1 unspecified atom stereocenters. The van der Waals surface area contributed by atoms with Gasteiger partial charge in [-0.1, -0.05) is 19.8 Å². The van der Waals surface area contributed by atoms with Gasteiger partial charge in [0.2, 0.25) is 0 Å². The first kappa shape index (κ1) is 9.47. The third-order valence-corrected chi connectivity index (χ3v) is 4.05. The van der Waals surface area contributed by atoms with Gasteiger partial charge in [-0.15, -0.1) is 0 Å². The van der Waals surface area contributed by atoms with Crippen molar-refractivity contribution >= 4 is 0 Å². The summed E-state index contributed by atoms with van der Waals surface area (Å²) in [5.41, 5.74) is 0.533. The Labute approximate surface area is 81.7 Å². The van der Waals surface area contributed by atoms with Crippen LogP contribution >= 0.6 is 0 Å². The lowest BCUT2D eigenvalue weighted by Crippen LogP contribution is -2.61. The van der Waals surface area contributed by atoms with Gasteiger partial charge in [0.05, 0.1) is 0 Å². The summed E-state index contributed by atoms with van der Waals surface area (Å²) < 4.78 is 0. The predicted octanol–water partition coefficient (Wildman–Crippen LogP) is 1.61. The Kier molecular flexibility index (Phi) is 2.61. The van der Waals surface area contributed by atoms with Gasteiger partial charge in [-0.25, -0.2) is 0 Å². The van der Waals surface area contributed by atoms with Crippen molar-refractivity contribution < 1.29 is 0 Å². The number of hydrogen-bond donors (Lipinski definition) is 1. The van der Waals surface area contributed by atoms with E-state index in [-0.39, 0.29) is 0 Å². The first-order valence-corrected chi connectivity index (χ1v) is 5.71. The van der Waals surface area contributed by atoms with Crippen LogP contribution in [0.15, 0.2) is 0 Å². The predicted molar refractivity (Wildman–Crippen MR) is 55.9 cm³/mol. The number of nitrogens with zero attached hydrogens (tertiary/aromatic N) is 1. The molecular weight excluding hydrogens is 160 g/mol. The average Bonchev–Trinajstić information content (AvgIpc) is 2.60. The molecule has 2 nitrogen and oxygen atoms in total. The summed E-state index contributed by atoms with van der Waals surface area (Å²) in [5, 5.41) is 3.69. The molecule has 0 amide bonds. The van der Waals surface area contributed by atoms with Gasteiger partial charge in [0.15, 0.2) is 0 Å². The third-order valence-electron chi connectivity index (χ3n) is 4.05. The Bertz CT molecular complexity index is 173. The van der Waals surface area contributed by atoms with Crippen molar-refractivity contribution in [3.05, 3.63) is 0 Å². The molecule has 2 aliphatic rings. The molecule has 1 saturated carbocycles. The summed E-state index contributed by atoms with van der Waals surface area (Å²) in [6.07, 6.45) is 6.95. The molecule has 1 aliphatic heterocycles. The molecule has 0 aromatic rings. The van der Waals surface area contributed by atoms with Gasteiger partial charge in [0.1, 0.15) is 0 Å². The topological polar surface area (TPSA) is 15.3 Å². The van der Waals surface area contributed by atoms with Gasteiger partial charge in [0.25, 0.3) is 0 Å². The van der Waals surface area contributed by atoms with Crippen molar-refractivity contribution in [1.29, 1.82) is 0 Å². The van der Waals surface area contributed by atoms with Gasteiger partial charge in [0, 0.05) is 24.7 Å². The van der Waals surface area contributed by atoms with E-state index in [4.69, 9.17) is 0 Å². The van der Waals surface area contributed by atoms with Crippen molar-refractivity contribution in [3.8, 4) is 0 Å². The van der Waals surface area contributed by atoms with Crippen LogP contribution in [0.3, 0.4) is 0 Å². The van der Waals surface area contributed by atoms with Gasteiger partial charge in [-0.05, 0) is 26.3 Å². The molecule has 0 bridgehead atoms. The van der Waals surface area contributed by atoms with Crippen molar-refractivity contribution in [1.82, 2.24) is 10.2 Å². The normalized spacial score (nSPS) is 34.2. The second kappa shape index (κ2) is 3.58. The quantitative estimate of drug-likeness (QED) is 0.663. The minimum atomic E-state index is 0.533. The molecule has 2 fully saturated rings. The van der Waals surface area contributed by atoms with E-state index in [0.29, 0.717) is 5.54 Å². The Balaban J connectivity index is 2.00. The maximum absolute atomic E-state index is 3.69. The van der Waals surface area contributed by atoms with E-state index in [9.17, 15) is 0 Å². The fourth-order valence-corrected chi connectivity index (χ4v) is 2.92. The molecule has 76 valence electrons. The van der Waals surface area contributed by atoms with Crippen LogP contribution in [-0.2, 0) is 0 Å². The molecule has 2 heteroatoms. The van der Waals surface area contributed by atoms with Crippen LogP contribution in [-0.4, -0.2) is 36.6 Å². The minimum Gasteiger partial charge on any atom is -0.311 e. The number of rotatable bonds is 1. The van der Waals surface area contributed by atoms with E-state index in [2.05, 4.69) is 24.2 Å². The number of hydrogen-bond acceptors (Lipinski definition) is 2. The van der Waals surface area contributed by atoms with Gasteiger partial charge in [-0.2, -0.15) is 0 Å². The van der Waals surface area contributed by atoms with E-state index >= 15 is 0 Å². The fraction of sp³-hybridized carbons (Fsp3) is 1.00. The molecule has 0 aromatic carbocycles. The fourth-order valence-electron chi connectivity index (χ4n) is 2.92. The van der Waals surface area contributed by atoms with Crippen molar-refractivity contribution in [2.45, 2.75) is 50.6 Å². The van der Waals surface area contributed by atoms with E-state index in [1.165, 1.54) is 45.2 Å². The van der Waals surface area contributed by atoms with E-state index in [0.717, 1.165) is 6.04 Å². The first-order chi connectivity index (χ1) is 6.27. The molecule has 1 spiro atoms. The average molecular weight is 182 g/mol. The lowest BCUT2D eigenvalue weighted by molar-refractivity contribution is 0.0682. The summed E-state index contributed by atoms with van der Waals surface area (Å²) >= 11 is 0. The summed E-state index contributed by atoms with van der Waals surface area (Å²) in [6.45, 7) is 4.75. The smallest absolute Gasteiger partial charge is 0.0331 e. The van der Waals surface area contributed by atoms with Gasteiger partial charge in [-0.3, -0.25) is 4.90 Å². The zero-order chi connectivity index (χ0) is 9.31. The maximum atomic E-state index is 3.69. The van der Waals surface area contributed by atoms with Crippen LogP contribution in [0.2, 0.25) is 0 Å². The van der Waals surface area contributed by atoms with Crippen LogP contribution in [0.5, 0.6) is 0 Å². The molecule has 13 heavy (non-hydrogen) atoms. The molecule has 1 saturated heterocycles. The Morgan fingerprint density at radius 1 is 1.38 bits per heavy atom. The Hall–Kier alpha value is -0.0800. The molecule has 1 N–H and O–H groups in total. The highest BCUT2D eigenvalue weighted by molar-refractivity contribution is 5.00. The minimum absolute atomic E-state index is 0.533. The van der Waals surface area contributed by atoms with E-state index < -0.39 is 0 Å². The van der Waals surface area contributed by atoms with Crippen LogP contribution in [0.1, 0.15) is 39.0 Å². The highest BCUT2D eigenvalue weighted by Crippen LogP contribution is 2.35. The summed E-state index contributed by atoms with van der Waals surface area (Å²) in [7, 11) is 2.31. The number of likely N-dealkylation sites (N-methyl/N-ethyl adjacent to an activating group) is 1. The molecule has 2 rings (SSSR count). The van der Waals surface area contributed by atoms with E-state index in [1.807, 2.05) is 0 Å². The maximum Gasteiger partial charge on any atom is 0.0331 e. The van der Waals surface area contributed by atoms with Crippen LogP contribution in [0.4, 0.5) is 0 Å². The lowest BCUT2D eigenvalue weighted by Gasteiger charge is -2.46. The van der Waals surface area contributed by atoms with E-state index in [1.54, 1.807) is 0 Å². The van der Waals surface area contributed by atoms with Gasteiger partial charge >= 0.3 is 0 Å². The molecule has 0 aromatic heterocycles. The van der Waals surface area contributed by atoms with Crippen molar-refractivity contribution in [2.75, 3.05) is 20.1 Å². The standard InChI is InChI=1S/C11H22N2/c1-3-10-8-13(2)11(9-12-10)6-4-5-7-11/h10,12H,3-9H2,1-2H3. The third kappa shape index (κ3) is 1.62. The Morgan fingerprint density at radius 3 is 2.62 bits per heavy atom. The number of piperazine rings is 1. The van der Waals surface area contributed by atoms with Gasteiger partial charge < -0.3 is 5.32 Å². The second-order valence-electron chi connectivity index (χ2n) is 4.80. The summed E-state index contributed by atoms with van der Waals surface area (Å²) in [6, 6.07) is 0.733. The molecule has 0 radical (unpaired) electrons. The second-order valence-corrected chi connectivity index (χ2v) is 4.80. The van der Waals surface area contributed by atoms with Crippen molar-refractivity contribution in [3.63, 3.8) is 0 Å². The van der Waals surface area contributed by atoms with Crippen LogP contribution in [0.25, 0.3) is 0 Å². The monoisotopic (exact) mass is 182 g/mol. The molecule has 1 aliphatic carbocycles. The largest absolute Gasteiger partial charge is 0.311 e. The summed E-state index contributed by atoms with van der Waals surface area (Å²) in [5.74, 6) is 0. The first-order valence-electron chi connectivity index (χ1n) is 5.71. The van der Waals surface area contributed by atoms with Crippen molar-refractivity contribution in [2.24, 2.45) is 0 Å². The number of nitrogens with one attached hydrogen (secondary N) is 1. The van der Waals surface area contributed by atoms with Crippen LogP contribution in [0, 0.1) is 0 Å². The zero-order valence-electron chi connectivity index (χ0n) is 8.97. The Morgan fingerprint density at radius 2 is 2.08 bits per heavy atom. The highest BCUT2D eigenvalue weighted by Gasteiger charge is 2.40. The zero-order valence-corrected chi connectivity index (χ0v) is 8.97. The molecular formula is C11H22N2. The lowest BCUT2D eigenvalue weighted by atomic mass is 9.91. The summed E-state index contributed by atoms with van der Waals surface area (Å²) in [4.78, 5) is 2.62. The molecule has 1 heterocycles. The highest BCUT2D eigenvalue weighted by atomic mass is 15.3. The SMILES string of the molecule is CCC1CN(C)C2(CCCC2)CN1. The van der Waals surface area contributed by atoms with Crippen LogP contribution < -0.4 is 5.32 Å². The molecule has 1 atom stereocenters.